The van der Waals surface area contributed by atoms with Crippen molar-refractivity contribution in [1.82, 2.24) is 5.32 Å². The molecular formula is C13H20N2O2S. The maximum absolute atomic E-state index is 11.7. The molecule has 0 aliphatic heterocycles. The fraction of sp³-hybridized carbons (Fsp3) is 0.462. The van der Waals surface area contributed by atoms with Crippen LogP contribution in [0.25, 0.3) is 0 Å². The molecule has 1 amide bonds. The van der Waals surface area contributed by atoms with Gasteiger partial charge in [-0.1, -0.05) is 30.3 Å². The van der Waals surface area contributed by atoms with E-state index in [0.717, 1.165) is 23.5 Å². The van der Waals surface area contributed by atoms with E-state index in [0.29, 0.717) is 6.54 Å². The highest BCUT2D eigenvalue weighted by atomic mass is 32.2. The predicted molar refractivity (Wildman–Crippen MR) is 75.4 cm³/mol. The highest BCUT2D eigenvalue weighted by Gasteiger charge is 2.14. The number of rotatable bonds is 8. The minimum Gasteiger partial charge on any atom is -0.396 e. The van der Waals surface area contributed by atoms with Gasteiger partial charge in [0.2, 0.25) is 5.91 Å². The lowest BCUT2D eigenvalue weighted by Crippen LogP contribution is -2.35. The number of nitrogens with one attached hydrogen (secondary N) is 1. The van der Waals surface area contributed by atoms with Crippen molar-refractivity contribution in [2.45, 2.75) is 12.5 Å². The van der Waals surface area contributed by atoms with Gasteiger partial charge in [0.25, 0.3) is 0 Å². The molecule has 0 heterocycles. The maximum atomic E-state index is 11.7. The number of carbonyl (C=O) groups is 1. The largest absolute Gasteiger partial charge is 0.396 e. The Morgan fingerprint density at radius 1 is 1.33 bits per heavy atom. The van der Waals surface area contributed by atoms with Crippen LogP contribution in [0.5, 0.6) is 0 Å². The summed E-state index contributed by atoms with van der Waals surface area (Å²) in [6.45, 7) is 0.827. The van der Waals surface area contributed by atoms with Gasteiger partial charge in [-0.15, -0.1) is 0 Å². The molecule has 0 saturated heterocycles. The number of hydrogen-bond acceptors (Lipinski definition) is 4. The number of aliphatic hydroxyl groups excluding tert-OH is 1. The molecule has 1 atom stereocenters. The highest BCUT2D eigenvalue weighted by molar-refractivity contribution is 7.99. The lowest BCUT2D eigenvalue weighted by Gasteiger charge is -2.12. The lowest BCUT2D eigenvalue weighted by atomic mass is 10.1. The number of nitrogens with two attached hydrogens (primary N) is 1. The molecular weight excluding hydrogens is 248 g/mol. The number of aliphatic hydroxyl groups is 1. The molecule has 0 saturated carbocycles. The van der Waals surface area contributed by atoms with E-state index < -0.39 is 6.04 Å². The Labute approximate surface area is 112 Å². The zero-order chi connectivity index (χ0) is 13.2. The number of amides is 1. The van der Waals surface area contributed by atoms with E-state index in [1.54, 1.807) is 11.8 Å². The van der Waals surface area contributed by atoms with Crippen molar-refractivity contribution in [3.63, 3.8) is 0 Å². The second kappa shape index (κ2) is 8.97. The minimum absolute atomic E-state index is 0.149. The number of carbonyl (C=O) groups excluding carboxylic acids is 1. The first-order valence-corrected chi connectivity index (χ1v) is 7.18. The quantitative estimate of drug-likeness (QED) is 0.613. The maximum Gasteiger partial charge on any atom is 0.241 e. The smallest absolute Gasteiger partial charge is 0.241 e. The molecule has 0 spiro atoms. The first-order chi connectivity index (χ1) is 8.75. The Morgan fingerprint density at radius 3 is 2.72 bits per heavy atom. The second-order valence-corrected chi connectivity index (χ2v) is 5.09. The Balaban J connectivity index is 2.20. The first-order valence-electron chi connectivity index (χ1n) is 6.02. The van der Waals surface area contributed by atoms with E-state index in [-0.39, 0.29) is 12.5 Å². The highest BCUT2D eigenvalue weighted by Crippen LogP contribution is 2.09. The molecule has 4 N–H and O–H groups in total. The average Bonchev–Trinajstić information content (AvgIpc) is 2.42. The van der Waals surface area contributed by atoms with Crippen molar-refractivity contribution < 1.29 is 9.90 Å². The normalized spacial score (nSPS) is 12.1. The molecule has 100 valence electrons. The molecule has 0 radical (unpaired) electrons. The van der Waals surface area contributed by atoms with E-state index >= 15 is 0 Å². The molecule has 1 rings (SSSR count). The van der Waals surface area contributed by atoms with Gasteiger partial charge in [-0.25, -0.2) is 0 Å². The summed E-state index contributed by atoms with van der Waals surface area (Å²) in [6.07, 6.45) is 0.794. The Morgan fingerprint density at radius 2 is 2.06 bits per heavy atom. The van der Waals surface area contributed by atoms with Crippen LogP contribution in [0.3, 0.4) is 0 Å². The molecule has 0 fully saturated rings. The van der Waals surface area contributed by atoms with E-state index in [9.17, 15) is 4.79 Å². The third kappa shape index (κ3) is 5.53. The Kier molecular flexibility index (Phi) is 7.48. The van der Waals surface area contributed by atoms with Gasteiger partial charge in [0.05, 0.1) is 0 Å². The van der Waals surface area contributed by atoms with Gasteiger partial charge in [0.1, 0.15) is 6.04 Å². The van der Waals surface area contributed by atoms with Crippen LogP contribution in [0.1, 0.15) is 18.0 Å². The average molecular weight is 268 g/mol. The van der Waals surface area contributed by atoms with Crippen LogP contribution in [-0.2, 0) is 4.79 Å². The van der Waals surface area contributed by atoms with E-state index in [4.69, 9.17) is 10.8 Å². The lowest BCUT2D eigenvalue weighted by molar-refractivity contribution is -0.122. The van der Waals surface area contributed by atoms with Crippen molar-refractivity contribution in [1.29, 1.82) is 0 Å². The van der Waals surface area contributed by atoms with Crippen molar-refractivity contribution in [2.75, 3.05) is 24.7 Å². The molecule has 1 aromatic rings. The van der Waals surface area contributed by atoms with Gasteiger partial charge < -0.3 is 16.2 Å². The molecule has 5 heteroatoms. The van der Waals surface area contributed by atoms with E-state index in [1.165, 1.54) is 0 Å². The van der Waals surface area contributed by atoms with Crippen LogP contribution < -0.4 is 11.1 Å². The van der Waals surface area contributed by atoms with Gasteiger partial charge in [-0.2, -0.15) is 11.8 Å². The molecule has 0 bridgehead atoms. The minimum atomic E-state index is -0.603. The van der Waals surface area contributed by atoms with Gasteiger partial charge in [0, 0.05) is 18.9 Å². The predicted octanol–water partition coefficient (Wildman–Crippen LogP) is 0.918. The van der Waals surface area contributed by atoms with Crippen LogP contribution >= 0.6 is 11.8 Å². The summed E-state index contributed by atoms with van der Waals surface area (Å²) < 4.78 is 0. The zero-order valence-corrected chi connectivity index (χ0v) is 11.2. The molecule has 18 heavy (non-hydrogen) atoms. The van der Waals surface area contributed by atoms with Crippen molar-refractivity contribution in [3.8, 4) is 0 Å². The fourth-order valence-corrected chi connectivity index (χ4v) is 2.22. The molecule has 4 nitrogen and oxygen atoms in total. The molecule has 1 unspecified atom stereocenters. The van der Waals surface area contributed by atoms with Crippen LogP contribution in [0, 0.1) is 0 Å². The molecule has 1 aromatic carbocycles. The Hall–Kier alpha value is -1.04. The third-order valence-electron chi connectivity index (χ3n) is 2.43. The number of thioether (sulfide) groups is 1. The van der Waals surface area contributed by atoms with Crippen molar-refractivity contribution in [2.24, 2.45) is 5.73 Å². The van der Waals surface area contributed by atoms with Gasteiger partial charge in [-0.3, -0.25) is 4.79 Å². The summed E-state index contributed by atoms with van der Waals surface area (Å²) in [5.41, 5.74) is 6.67. The standard InChI is InChI=1S/C13H20N2O2S/c14-12(11-5-2-1-3-6-11)13(17)15-7-10-18-9-4-8-16/h1-3,5-6,12,16H,4,7-10,14H2,(H,15,17). The van der Waals surface area contributed by atoms with Crippen LogP contribution in [-0.4, -0.2) is 35.7 Å². The Bertz CT molecular complexity index is 346. The second-order valence-electron chi connectivity index (χ2n) is 3.87. The topological polar surface area (TPSA) is 75.4 Å². The van der Waals surface area contributed by atoms with E-state index in [2.05, 4.69) is 5.32 Å². The monoisotopic (exact) mass is 268 g/mol. The van der Waals surface area contributed by atoms with Gasteiger partial charge >= 0.3 is 0 Å². The summed E-state index contributed by atoms with van der Waals surface area (Å²) in [6, 6.07) is 8.72. The number of hydrogen-bond donors (Lipinski definition) is 3. The van der Waals surface area contributed by atoms with Crippen LogP contribution in [0.2, 0.25) is 0 Å². The summed E-state index contributed by atoms with van der Waals surface area (Å²) in [7, 11) is 0. The zero-order valence-electron chi connectivity index (χ0n) is 10.3. The van der Waals surface area contributed by atoms with Crippen molar-refractivity contribution >= 4 is 17.7 Å². The van der Waals surface area contributed by atoms with Gasteiger partial charge in [0.15, 0.2) is 0 Å². The molecule has 0 aromatic heterocycles. The van der Waals surface area contributed by atoms with Crippen molar-refractivity contribution in [3.05, 3.63) is 35.9 Å². The molecule has 0 aliphatic carbocycles. The van der Waals surface area contributed by atoms with Crippen LogP contribution in [0.4, 0.5) is 0 Å². The van der Waals surface area contributed by atoms with Crippen LogP contribution in [0.15, 0.2) is 30.3 Å². The SMILES string of the molecule is NC(C(=O)NCCSCCCO)c1ccccc1. The summed E-state index contributed by atoms with van der Waals surface area (Å²) in [5, 5.41) is 11.4. The van der Waals surface area contributed by atoms with E-state index in [1.807, 2.05) is 30.3 Å². The van der Waals surface area contributed by atoms with Gasteiger partial charge in [-0.05, 0) is 17.7 Å². The summed E-state index contributed by atoms with van der Waals surface area (Å²) >= 11 is 1.71. The molecule has 0 aliphatic rings. The third-order valence-corrected chi connectivity index (χ3v) is 3.50. The fourth-order valence-electron chi connectivity index (χ4n) is 1.44. The summed E-state index contributed by atoms with van der Waals surface area (Å²) in [5.74, 6) is 1.61. The first kappa shape index (κ1) is 15.0. The number of benzene rings is 1. The summed E-state index contributed by atoms with van der Waals surface area (Å²) in [4.78, 5) is 11.7.